The van der Waals surface area contributed by atoms with Crippen LogP contribution in [0.1, 0.15) is 39.0 Å². The van der Waals surface area contributed by atoms with E-state index in [2.05, 4.69) is 4.72 Å². The third-order valence-corrected chi connectivity index (χ3v) is 8.15. The molecule has 0 fully saturated rings. The number of ether oxygens (including phenoxy) is 5. The molecule has 1 aromatic heterocycles. The number of unbranched alkanes of at least 4 members (excludes halogenated alkanes) is 3. The van der Waals surface area contributed by atoms with Crippen LogP contribution in [0.5, 0.6) is 34.5 Å². The monoisotopic (exact) mass is 626 g/mol. The Hall–Kier alpha value is -4.16. The molecule has 0 spiro atoms. The predicted molar refractivity (Wildman–Crippen MR) is 173 cm³/mol. The Labute approximate surface area is 260 Å². The molecule has 0 bridgehead atoms. The first kappa shape index (κ1) is 32.7. The van der Waals surface area contributed by atoms with Gasteiger partial charge in [-0.15, -0.1) is 0 Å². The van der Waals surface area contributed by atoms with Gasteiger partial charge in [-0.05, 0) is 44.0 Å². The normalized spacial score (nSPS) is 11.8. The standard InChI is InChI=1S/C32H42N4O7S/c1-6-14-41-22-16-23(42-15-10-8-7-9-13-33)18-24(17-22)43-30-21-28-27(35(2)32(37)36(28)3)20-26(30)34-44(38)25-11-12-29(39-4)31(19-25)40-5/h11-12,16-21,34H,6-10,13-15,33H2,1-5H3. The van der Waals surface area contributed by atoms with Crippen molar-refractivity contribution >= 4 is 27.7 Å². The Morgan fingerprint density at radius 2 is 1.41 bits per heavy atom. The molecular weight excluding hydrogens is 584 g/mol. The zero-order valence-electron chi connectivity index (χ0n) is 26.0. The van der Waals surface area contributed by atoms with E-state index < -0.39 is 11.0 Å². The Morgan fingerprint density at radius 3 is 2.07 bits per heavy atom. The van der Waals surface area contributed by atoms with E-state index in [0.29, 0.717) is 75.9 Å². The van der Waals surface area contributed by atoms with Crippen LogP contribution < -0.4 is 39.8 Å². The molecule has 3 N–H and O–H groups in total. The van der Waals surface area contributed by atoms with Crippen molar-refractivity contribution in [1.82, 2.24) is 9.13 Å². The van der Waals surface area contributed by atoms with E-state index in [1.165, 1.54) is 23.4 Å². The average Bonchev–Trinajstić information content (AvgIpc) is 3.24. The van der Waals surface area contributed by atoms with Gasteiger partial charge in [0, 0.05) is 44.4 Å². The fourth-order valence-electron chi connectivity index (χ4n) is 4.69. The van der Waals surface area contributed by atoms with Crippen LogP contribution in [0.3, 0.4) is 0 Å². The van der Waals surface area contributed by atoms with E-state index in [1.54, 1.807) is 56.6 Å². The molecule has 4 rings (SSSR count). The molecule has 0 saturated heterocycles. The minimum Gasteiger partial charge on any atom is -0.493 e. The first-order valence-corrected chi connectivity index (χ1v) is 15.8. The van der Waals surface area contributed by atoms with Crippen molar-refractivity contribution in [2.45, 2.75) is 43.9 Å². The van der Waals surface area contributed by atoms with Crippen LogP contribution in [0.15, 0.2) is 58.2 Å². The first-order valence-electron chi connectivity index (χ1n) is 14.7. The molecule has 44 heavy (non-hydrogen) atoms. The number of aromatic nitrogens is 2. The highest BCUT2D eigenvalue weighted by molar-refractivity contribution is 7.86. The van der Waals surface area contributed by atoms with Crippen LogP contribution in [0.2, 0.25) is 0 Å². The molecule has 0 radical (unpaired) electrons. The van der Waals surface area contributed by atoms with Crippen molar-refractivity contribution in [2.75, 3.05) is 38.7 Å². The topological polar surface area (TPSA) is 128 Å². The second-order valence-electron chi connectivity index (χ2n) is 10.3. The summed E-state index contributed by atoms with van der Waals surface area (Å²) in [6.45, 7) is 3.82. The second kappa shape index (κ2) is 15.5. The largest absolute Gasteiger partial charge is 0.493 e. The lowest BCUT2D eigenvalue weighted by molar-refractivity contribution is 0.292. The van der Waals surface area contributed by atoms with E-state index in [4.69, 9.17) is 29.4 Å². The van der Waals surface area contributed by atoms with E-state index in [0.717, 1.165) is 32.1 Å². The van der Waals surface area contributed by atoms with E-state index in [1.807, 2.05) is 13.0 Å². The molecule has 12 heteroatoms. The summed E-state index contributed by atoms with van der Waals surface area (Å²) in [5.74, 6) is 3.04. The highest BCUT2D eigenvalue weighted by atomic mass is 32.2. The maximum Gasteiger partial charge on any atom is 0.328 e. The minimum atomic E-state index is -1.71. The van der Waals surface area contributed by atoms with Gasteiger partial charge in [0.05, 0.1) is 49.0 Å². The van der Waals surface area contributed by atoms with Gasteiger partial charge in [0.25, 0.3) is 0 Å². The Balaban J connectivity index is 1.69. The summed E-state index contributed by atoms with van der Waals surface area (Å²) in [5, 5.41) is 0. The van der Waals surface area contributed by atoms with Crippen molar-refractivity contribution in [2.24, 2.45) is 19.8 Å². The van der Waals surface area contributed by atoms with Gasteiger partial charge in [-0.25, -0.2) is 9.00 Å². The van der Waals surface area contributed by atoms with Gasteiger partial charge in [0.15, 0.2) is 28.2 Å². The number of imidazole rings is 1. The van der Waals surface area contributed by atoms with Crippen molar-refractivity contribution in [1.29, 1.82) is 0 Å². The number of benzene rings is 3. The Kier molecular flexibility index (Phi) is 11.6. The molecule has 1 atom stereocenters. The summed E-state index contributed by atoms with van der Waals surface area (Å²) in [7, 11) is 4.73. The number of hydrogen-bond acceptors (Lipinski definition) is 8. The summed E-state index contributed by atoms with van der Waals surface area (Å²) >= 11 is 0. The molecule has 1 heterocycles. The molecule has 0 aliphatic carbocycles. The average molecular weight is 627 g/mol. The fourth-order valence-corrected chi connectivity index (χ4v) is 5.57. The first-order chi connectivity index (χ1) is 21.3. The van der Waals surface area contributed by atoms with Crippen molar-refractivity contribution < 1.29 is 27.9 Å². The van der Waals surface area contributed by atoms with Gasteiger partial charge in [0.1, 0.15) is 17.2 Å². The van der Waals surface area contributed by atoms with Crippen LogP contribution in [-0.2, 0) is 25.1 Å². The molecular formula is C32H42N4O7S. The predicted octanol–water partition coefficient (Wildman–Crippen LogP) is 5.51. The number of hydrogen-bond donors (Lipinski definition) is 2. The molecule has 238 valence electrons. The van der Waals surface area contributed by atoms with Crippen LogP contribution >= 0.6 is 0 Å². The van der Waals surface area contributed by atoms with Crippen LogP contribution in [0.4, 0.5) is 5.69 Å². The van der Waals surface area contributed by atoms with E-state index in [9.17, 15) is 9.00 Å². The maximum absolute atomic E-state index is 13.5. The van der Waals surface area contributed by atoms with Gasteiger partial charge < -0.3 is 29.4 Å². The number of fused-ring (bicyclic) bond motifs is 1. The summed E-state index contributed by atoms with van der Waals surface area (Å²) in [5.41, 5.74) is 7.13. The third kappa shape index (κ3) is 7.86. The number of aryl methyl sites for hydroxylation is 2. The molecule has 1 unspecified atom stereocenters. The SMILES string of the molecule is CCCOc1cc(OCCCCCCN)cc(Oc2cc3c(cc2NS(=O)c2ccc(OC)c(OC)c2)n(C)c(=O)n3C)c1. The number of methoxy groups -OCH3 is 2. The van der Waals surface area contributed by atoms with Gasteiger partial charge in [0.2, 0.25) is 0 Å². The Morgan fingerprint density at radius 1 is 0.773 bits per heavy atom. The number of rotatable bonds is 17. The molecule has 11 nitrogen and oxygen atoms in total. The number of nitrogens with zero attached hydrogens (tertiary/aromatic N) is 2. The van der Waals surface area contributed by atoms with Crippen molar-refractivity contribution in [3.05, 3.63) is 59.0 Å². The third-order valence-electron chi connectivity index (χ3n) is 7.07. The molecule has 3 aromatic carbocycles. The maximum atomic E-state index is 13.5. The van der Waals surface area contributed by atoms with Gasteiger partial charge in [-0.3, -0.25) is 13.9 Å². The molecule has 0 aliphatic heterocycles. The summed E-state index contributed by atoms with van der Waals surface area (Å²) < 4.78 is 48.8. The highest BCUT2D eigenvalue weighted by Gasteiger charge is 2.18. The molecule has 4 aromatic rings. The van der Waals surface area contributed by atoms with Gasteiger partial charge >= 0.3 is 5.69 Å². The van der Waals surface area contributed by atoms with Crippen LogP contribution in [-0.4, -0.2) is 47.3 Å². The zero-order chi connectivity index (χ0) is 31.6. The molecule has 0 saturated carbocycles. The number of nitrogens with two attached hydrogens (primary N) is 1. The number of nitrogens with one attached hydrogen (secondary N) is 1. The van der Waals surface area contributed by atoms with E-state index in [-0.39, 0.29) is 5.69 Å². The Bertz CT molecular complexity index is 1650. The highest BCUT2D eigenvalue weighted by Crippen LogP contribution is 2.38. The molecule has 0 aliphatic rings. The van der Waals surface area contributed by atoms with Gasteiger partial charge in [-0.2, -0.15) is 0 Å². The van der Waals surface area contributed by atoms with Crippen molar-refractivity contribution in [3.8, 4) is 34.5 Å². The summed E-state index contributed by atoms with van der Waals surface area (Å²) in [6, 6.07) is 14.0. The zero-order valence-corrected chi connectivity index (χ0v) is 26.8. The van der Waals surface area contributed by atoms with Gasteiger partial charge in [-0.1, -0.05) is 19.8 Å². The van der Waals surface area contributed by atoms with Crippen LogP contribution in [0, 0.1) is 0 Å². The lowest BCUT2D eigenvalue weighted by Gasteiger charge is -2.16. The minimum absolute atomic E-state index is 0.193. The quantitative estimate of drug-likeness (QED) is 0.147. The van der Waals surface area contributed by atoms with E-state index >= 15 is 0 Å². The summed E-state index contributed by atoms with van der Waals surface area (Å²) in [6.07, 6.45) is 4.86. The lowest BCUT2D eigenvalue weighted by atomic mass is 10.2. The summed E-state index contributed by atoms with van der Waals surface area (Å²) in [4.78, 5) is 13.2. The van der Waals surface area contributed by atoms with Crippen LogP contribution in [0.25, 0.3) is 11.0 Å². The lowest BCUT2D eigenvalue weighted by Crippen LogP contribution is -2.19. The second-order valence-corrected chi connectivity index (χ2v) is 11.5. The number of anilines is 1. The molecule has 0 amide bonds. The smallest absolute Gasteiger partial charge is 0.328 e. The fraction of sp³-hybridized carbons (Fsp3) is 0.406. The van der Waals surface area contributed by atoms with Crippen molar-refractivity contribution in [3.63, 3.8) is 0 Å².